The molecule has 0 aromatic heterocycles. The monoisotopic (exact) mass is 345 g/mol. The highest BCUT2D eigenvalue weighted by Gasteiger charge is 2.12. The first-order valence-corrected chi connectivity index (χ1v) is 7.24. The number of carbonyl (C=O) groups excluding carboxylic acids is 1. The second kappa shape index (κ2) is 7.12. The van der Waals surface area contributed by atoms with E-state index >= 15 is 0 Å². The third kappa shape index (κ3) is 4.34. The van der Waals surface area contributed by atoms with Crippen molar-refractivity contribution in [3.8, 4) is 0 Å². The van der Waals surface area contributed by atoms with Crippen molar-refractivity contribution in [2.45, 2.75) is 13.0 Å². The minimum Gasteiger partial charge on any atom is -0.352 e. The fourth-order valence-electron chi connectivity index (χ4n) is 1.78. The maximum Gasteiger partial charge on any atom is 0.224 e. The predicted octanol–water partition coefficient (Wildman–Crippen LogP) is 4.64. The molecule has 0 saturated heterocycles. The Hall–Kier alpha value is -1.29. The van der Waals surface area contributed by atoms with Gasteiger partial charge in [0.05, 0.1) is 6.42 Å². The molecule has 2 aromatic rings. The zero-order chi connectivity index (χ0) is 15.4. The summed E-state index contributed by atoms with van der Waals surface area (Å²) in [5.74, 6) is -0.838. The number of hydrogen-bond acceptors (Lipinski definition) is 1. The average Bonchev–Trinajstić information content (AvgIpc) is 2.42. The molecule has 0 saturated carbocycles. The van der Waals surface area contributed by atoms with Crippen LogP contribution in [0.4, 0.5) is 4.39 Å². The van der Waals surface area contributed by atoms with Crippen LogP contribution in [0.5, 0.6) is 0 Å². The highest BCUT2D eigenvalue weighted by molar-refractivity contribution is 6.35. The molecule has 0 aliphatic heterocycles. The second-order valence-electron chi connectivity index (χ2n) is 4.39. The van der Waals surface area contributed by atoms with Crippen LogP contribution in [-0.4, -0.2) is 5.91 Å². The summed E-state index contributed by atoms with van der Waals surface area (Å²) in [6, 6.07) is 9.31. The van der Waals surface area contributed by atoms with Crippen LogP contribution in [0.25, 0.3) is 0 Å². The van der Waals surface area contributed by atoms with Crippen LogP contribution in [-0.2, 0) is 17.8 Å². The van der Waals surface area contributed by atoms with Crippen molar-refractivity contribution in [3.05, 3.63) is 68.4 Å². The summed E-state index contributed by atoms with van der Waals surface area (Å²) in [6.45, 7) is 0.237. The molecule has 0 spiro atoms. The lowest BCUT2D eigenvalue weighted by atomic mass is 10.1. The van der Waals surface area contributed by atoms with Gasteiger partial charge in [-0.1, -0.05) is 46.9 Å². The van der Waals surface area contributed by atoms with Crippen molar-refractivity contribution in [2.75, 3.05) is 0 Å². The van der Waals surface area contributed by atoms with E-state index < -0.39 is 5.82 Å². The molecule has 0 aliphatic carbocycles. The van der Waals surface area contributed by atoms with Gasteiger partial charge in [0.2, 0.25) is 5.91 Å². The summed E-state index contributed by atoms with van der Waals surface area (Å²) in [6.07, 6.45) is -0.128. The van der Waals surface area contributed by atoms with E-state index in [-0.39, 0.29) is 29.5 Å². The van der Waals surface area contributed by atoms with Crippen molar-refractivity contribution in [3.63, 3.8) is 0 Å². The van der Waals surface area contributed by atoms with E-state index in [2.05, 4.69) is 5.32 Å². The van der Waals surface area contributed by atoms with Gasteiger partial charge in [-0.25, -0.2) is 4.39 Å². The number of rotatable bonds is 4. The summed E-state index contributed by atoms with van der Waals surface area (Å²) in [4.78, 5) is 11.9. The quantitative estimate of drug-likeness (QED) is 0.858. The van der Waals surface area contributed by atoms with Crippen LogP contribution in [0.2, 0.25) is 15.1 Å². The summed E-state index contributed by atoms with van der Waals surface area (Å²) in [5, 5.41) is 3.89. The van der Waals surface area contributed by atoms with Gasteiger partial charge in [0.15, 0.2) is 0 Å². The molecule has 0 unspecified atom stereocenters. The maximum absolute atomic E-state index is 13.6. The van der Waals surface area contributed by atoms with Crippen molar-refractivity contribution in [1.29, 1.82) is 0 Å². The number of amides is 1. The SMILES string of the molecule is O=C(Cc1c(F)cccc1Cl)NCc1ccc(Cl)cc1Cl. The lowest BCUT2D eigenvalue weighted by Crippen LogP contribution is -2.25. The van der Waals surface area contributed by atoms with Crippen LogP contribution in [0, 0.1) is 5.82 Å². The van der Waals surface area contributed by atoms with Gasteiger partial charge in [0, 0.05) is 27.2 Å². The molecule has 6 heteroatoms. The highest BCUT2D eigenvalue weighted by Crippen LogP contribution is 2.21. The van der Waals surface area contributed by atoms with Gasteiger partial charge in [-0.2, -0.15) is 0 Å². The van der Waals surface area contributed by atoms with Crippen molar-refractivity contribution in [1.82, 2.24) is 5.32 Å². The minimum absolute atomic E-state index is 0.128. The number of hydrogen-bond donors (Lipinski definition) is 1. The zero-order valence-corrected chi connectivity index (χ0v) is 13.1. The van der Waals surface area contributed by atoms with Gasteiger partial charge >= 0.3 is 0 Å². The van der Waals surface area contributed by atoms with Crippen molar-refractivity contribution >= 4 is 40.7 Å². The van der Waals surface area contributed by atoms with Crippen LogP contribution in [0.1, 0.15) is 11.1 Å². The van der Waals surface area contributed by atoms with Gasteiger partial charge in [-0.3, -0.25) is 4.79 Å². The topological polar surface area (TPSA) is 29.1 Å². The molecule has 110 valence electrons. The van der Waals surface area contributed by atoms with E-state index in [9.17, 15) is 9.18 Å². The summed E-state index contributed by atoms with van der Waals surface area (Å²) in [5.41, 5.74) is 0.910. The fourth-order valence-corrected chi connectivity index (χ4v) is 2.49. The molecule has 21 heavy (non-hydrogen) atoms. The Morgan fingerprint density at radius 1 is 1.10 bits per heavy atom. The number of nitrogens with one attached hydrogen (secondary N) is 1. The van der Waals surface area contributed by atoms with E-state index in [1.807, 2.05) is 0 Å². The molecule has 0 fully saturated rings. The lowest BCUT2D eigenvalue weighted by molar-refractivity contribution is -0.120. The maximum atomic E-state index is 13.6. The number of benzene rings is 2. The molecule has 0 heterocycles. The summed E-state index contributed by atoms with van der Waals surface area (Å²) in [7, 11) is 0. The average molecular weight is 347 g/mol. The van der Waals surface area contributed by atoms with Gasteiger partial charge in [-0.05, 0) is 29.8 Å². The van der Waals surface area contributed by atoms with Crippen LogP contribution in [0.3, 0.4) is 0 Å². The van der Waals surface area contributed by atoms with Crippen molar-refractivity contribution in [2.24, 2.45) is 0 Å². The second-order valence-corrected chi connectivity index (χ2v) is 5.64. The molecule has 0 atom stereocenters. The molecule has 2 rings (SSSR count). The Morgan fingerprint density at radius 3 is 2.52 bits per heavy atom. The Balaban J connectivity index is 1.99. The first kappa shape index (κ1) is 16.1. The molecule has 2 nitrogen and oxygen atoms in total. The van der Waals surface area contributed by atoms with E-state index in [4.69, 9.17) is 34.8 Å². The van der Waals surface area contributed by atoms with Crippen LogP contribution in [0.15, 0.2) is 36.4 Å². The highest BCUT2D eigenvalue weighted by atomic mass is 35.5. The third-order valence-corrected chi connectivity index (χ3v) is 3.83. The largest absolute Gasteiger partial charge is 0.352 e. The Bertz CT molecular complexity index is 656. The van der Waals surface area contributed by atoms with E-state index in [0.29, 0.717) is 10.0 Å². The van der Waals surface area contributed by atoms with Crippen LogP contribution >= 0.6 is 34.8 Å². The summed E-state index contributed by atoms with van der Waals surface area (Å²) >= 11 is 17.7. The van der Waals surface area contributed by atoms with Crippen LogP contribution < -0.4 is 5.32 Å². The van der Waals surface area contributed by atoms with Gasteiger partial charge < -0.3 is 5.32 Å². The molecular formula is C15H11Cl3FNO. The van der Waals surface area contributed by atoms with Gasteiger partial charge in [0.25, 0.3) is 0 Å². The summed E-state index contributed by atoms with van der Waals surface area (Å²) < 4.78 is 13.6. The zero-order valence-electron chi connectivity index (χ0n) is 10.8. The number of halogens is 4. The Labute approximate surface area is 136 Å². The molecule has 0 radical (unpaired) electrons. The molecule has 1 amide bonds. The molecule has 2 aromatic carbocycles. The molecule has 1 N–H and O–H groups in total. The van der Waals surface area contributed by atoms with Gasteiger partial charge in [-0.15, -0.1) is 0 Å². The first-order chi connectivity index (χ1) is 9.97. The third-order valence-electron chi connectivity index (χ3n) is 2.89. The fraction of sp³-hybridized carbons (Fsp3) is 0.133. The van der Waals surface area contributed by atoms with E-state index in [1.54, 1.807) is 24.3 Å². The van der Waals surface area contributed by atoms with E-state index in [0.717, 1.165) is 5.56 Å². The Morgan fingerprint density at radius 2 is 1.86 bits per heavy atom. The Kier molecular flexibility index (Phi) is 5.45. The first-order valence-electron chi connectivity index (χ1n) is 6.11. The minimum atomic E-state index is -0.498. The normalized spacial score (nSPS) is 10.5. The number of carbonyl (C=O) groups is 1. The lowest BCUT2D eigenvalue weighted by Gasteiger charge is -2.09. The van der Waals surface area contributed by atoms with E-state index in [1.165, 1.54) is 12.1 Å². The standard InChI is InChI=1S/C15H11Cl3FNO/c16-10-5-4-9(13(18)6-10)8-20-15(21)7-11-12(17)2-1-3-14(11)19/h1-6H,7-8H2,(H,20,21). The predicted molar refractivity (Wildman–Crippen MR) is 83.4 cm³/mol. The smallest absolute Gasteiger partial charge is 0.224 e. The molecular weight excluding hydrogens is 336 g/mol. The van der Waals surface area contributed by atoms with Gasteiger partial charge in [0.1, 0.15) is 5.82 Å². The van der Waals surface area contributed by atoms with Crippen molar-refractivity contribution < 1.29 is 9.18 Å². The molecule has 0 bridgehead atoms. The molecule has 0 aliphatic rings.